The van der Waals surface area contributed by atoms with Crippen molar-refractivity contribution in [2.24, 2.45) is 0 Å². The minimum atomic E-state index is -0.162. The molecule has 3 aromatic heterocycles. The highest BCUT2D eigenvalue weighted by Gasteiger charge is 2.31. The highest BCUT2D eigenvalue weighted by atomic mass is 79.9. The van der Waals surface area contributed by atoms with Crippen LogP contribution in [-0.4, -0.2) is 37.5 Å². The lowest BCUT2D eigenvalue weighted by molar-refractivity contribution is 0.255. The van der Waals surface area contributed by atoms with Crippen LogP contribution in [0.2, 0.25) is 0 Å². The number of H-pyrrole nitrogens is 2. The van der Waals surface area contributed by atoms with Gasteiger partial charge in [0.1, 0.15) is 30.0 Å². The Hall–Kier alpha value is -5.29. The summed E-state index contributed by atoms with van der Waals surface area (Å²) < 4.78 is 21.8. The van der Waals surface area contributed by atoms with Gasteiger partial charge in [-0.2, -0.15) is 0 Å². The van der Waals surface area contributed by atoms with Crippen LogP contribution >= 0.6 is 15.9 Å². The molecular weight excluding hydrogens is 650 g/mol. The molecule has 11 heteroatoms. The number of hydrogen-bond acceptors (Lipinski definition) is 6. The largest absolute Gasteiger partial charge is 0.488 e. The second kappa shape index (κ2) is 11.0. The van der Waals surface area contributed by atoms with Crippen LogP contribution in [0.1, 0.15) is 34.7 Å². The molecule has 0 bridgehead atoms. The van der Waals surface area contributed by atoms with E-state index >= 15 is 0 Å². The number of aromatic nitrogens is 5. The molecule has 2 aliphatic rings. The minimum Gasteiger partial charge on any atom is -0.488 e. The van der Waals surface area contributed by atoms with Gasteiger partial charge in [-0.05, 0) is 65.2 Å². The molecule has 0 saturated heterocycles. The Morgan fingerprint density at radius 3 is 1.78 bits per heavy atom. The summed E-state index contributed by atoms with van der Waals surface area (Å²) in [6, 6.07) is 27.3. The smallest absolute Gasteiger partial charge is 0.327 e. The van der Waals surface area contributed by atoms with Crippen molar-refractivity contribution in [2.75, 3.05) is 13.2 Å². The van der Waals surface area contributed by atoms with E-state index in [9.17, 15) is 9.59 Å². The SMILES string of the molecule is Cc1noc(C)c1-c1ccc2[nH]c(=O)n3c2c1OCC3c1ccccc1.O=c1[nH]c2ccc(Br)c3c2n1C(c1ccccc1)CO3. The van der Waals surface area contributed by atoms with Gasteiger partial charge in [-0.25, -0.2) is 9.59 Å². The van der Waals surface area contributed by atoms with Crippen LogP contribution in [0.5, 0.6) is 11.5 Å². The molecule has 0 aliphatic carbocycles. The van der Waals surface area contributed by atoms with Crippen LogP contribution in [0.4, 0.5) is 0 Å². The highest BCUT2D eigenvalue weighted by molar-refractivity contribution is 9.10. The van der Waals surface area contributed by atoms with E-state index in [-0.39, 0.29) is 23.5 Å². The predicted octanol–water partition coefficient (Wildman–Crippen LogP) is 6.66. The Morgan fingerprint density at radius 1 is 0.717 bits per heavy atom. The Balaban J connectivity index is 0.000000140. The van der Waals surface area contributed by atoms with Crippen molar-refractivity contribution in [1.29, 1.82) is 0 Å². The topological polar surface area (TPSA) is 120 Å². The summed E-state index contributed by atoms with van der Waals surface area (Å²) in [7, 11) is 0. The molecule has 2 unspecified atom stereocenters. The summed E-state index contributed by atoms with van der Waals surface area (Å²) >= 11 is 3.48. The van der Waals surface area contributed by atoms with E-state index in [1.807, 2.05) is 98.8 Å². The van der Waals surface area contributed by atoms with E-state index in [2.05, 4.69) is 31.1 Å². The van der Waals surface area contributed by atoms with Gasteiger partial charge in [0.2, 0.25) is 0 Å². The van der Waals surface area contributed by atoms with Gasteiger partial charge >= 0.3 is 11.4 Å². The van der Waals surface area contributed by atoms with Crippen molar-refractivity contribution in [3.63, 3.8) is 0 Å². The van der Waals surface area contributed by atoms with Gasteiger partial charge < -0.3 is 24.0 Å². The van der Waals surface area contributed by atoms with Crippen molar-refractivity contribution in [3.05, 3.63) is 133 Å². The molecule has 0 amide bonds. The number of nitrogens with one attached hydrogen (secondary N) is 2. The lowest BCUT2D eigenvalue weighted by Crippen LogP contribution is -2.30. The van der Waals surface area contributed by atoms with E-state index in [1.54, 1.807) is 9.13 Å². The molecule has 5 heterocycles. The van der Waals surface area contributed by atoms with Gasteiger partial charge in [-0.1, -0.05) is 65.8 Å². The monoisotopic (exact) mass is 677 g/mol. The van der Waals surface area contributed by atoms with Crippen molar-refractivity contribution in [3.8, 4) is 22.6 Å². The number of imidazole rings is 2. The second-order valence-electron chi connectivity index (χ2n) is 11.4. The van der Waals surface area contributed by atoms with Gasteiger partial charge in [-0.3, -0.25) is 9.13 Å². The fourth-order valence-corrected chi connectivity index (χ4v) is 7.04. The first kappa shape index (κ1) is 28.2. The summed E-state index contributed by atoms with van der Waals surface area (Å²) in [6.07, 6.45) is 0. The summed E-state index contributed by atoms with van der Waals surface area (Å²) in [4.78, 5) is 30.8. The van der Waals surface area contributed by atoms with Gasteiger partial charge in [0.15, 0.2) is 11.5 Å². The number of benzene rings is 4. The van der Waals surface area contributed by atoms with Gasteiger partial charge in [0.25, 0.3) is 0 Å². The van der Waals surface area contributed by atoms with Crippen LogP contribution in [0, 0.1) is 13.8 Å². The minimum absolute atomic E-state index is 0.0979. The lowest BCUT2D eigenvalue weighted by atomic mass is 10.00. The van der Waals surface area contributed by atoms with Crippen LogP contribution < -0.4 is 20.9 Å². The average Bonchev–Trinajstić information content (AvgIpc) is 3.73. The van der Waals surface area contributed by atoms with E-state index in [4.69, 9.17) is 14.0 Å². The molecule has 2 atom stereocenters. The molecule has 0 saturated carbocycles. The number of rotatable bonds is 3. The third kappa shape index (κ3) is 4.41. The number of halogens is 1. The first-order valence-corrected chi connectivity index (χ1v) is 15.7. The molecule has 7 aromatic rings. The van der Waals surface area contributed by atoms with Gasteiger partial charge in [-0.15, -0.1) is 0 Å². The fraction of sp³-hybridized carbons (Fsp3) is 0.171. The molecule has 2 N–H and O–H groups in total. The summed E-state index contributed by atoms with van der Waals surface area (Å²) in [5.74, 6) is 2.16. The van der Waals surface area contributed by atoms with E-state index in [1.165, 1.54) is 0 Å². The first-order valence-electron chi connectivity index (χ1n) is 14.9. The Kier molecular flexibility index (Phi) is 6.71. The number of hydrogen-bond donors (Lipinski definition) is 2. The zero-order valence-corrected chi connectivity index (χ0v) is 26.5. The van der Waals surface area contributed by atoms with Gasteiger partial charge in [0.05, 0.1) is 38.8 Å². The molecule has 0 spiro atoms. The third-order valence-electron chi connectivity index (χ3n) is 8.68. The Bertz CT molecular complexity index is 2350. The summed E-state index contributed by atoms with van der Waals surface area (Å²) in [5.41, 5.74) is 7.67. The maximum absolute atomic E-state index is 12.7. The quantitative estimate of drug-likeness (QED) is 0.216. The molecule has 4 aromatic carbocycles. The second-order valence-corrected chi connectivity index (χ2v) is 12.2. The predicted molar refractivity (Wildman–Crippen MR) is 178 cm³/mol. The van der Waals surface area contributed by atoms with Crippen molar-refractivity contribution < 1.29 is 14.0 Å². The molecule has 46 heavy (non-hydrogen) atoms. The van der Waals surface area contributed by atoms with Gasteiger partial charge in [0, 0.05) is 5.56 Å². The molecule has 10 nitrogen and oxygen atoms in total. The molecule has 0 fully saturated rings. The van der Waals surface area contributed by atoms with E-state index in [0.29, 0.717) is 19.0 Å². The molecule has 2 aliphatic heterocycles. The lowest BCUT2D eigenvalue weighted by Gasteiger charge is -2.27. The number of ether oxygens (including phenoxy) is 2. The van der Waals surface area contributed by atoms with Crippen molar-refractivity contribution in [1.82, 2.24) is 24.3 Å². The number of aromatic amines is 2. The van der Waals surface area contributed by atoms with Crippen molar-refractivity contribution >= 4 is 38.0 Å². The maximum atomic E-state index is 12.7. The third-order valence-corrected chi connectivity index (χ3v) is 9.31. The van der Waals surface area contributed by atoms with Crippen molar-refractivity contribution in [2.45, 2.75) is 25.9 Å². The molecular formula is C35H28BrN5O5. The summed E-state index contributed by atoms with van der Waals surface area (Å²) in [6.45, 7) is 4.63. The van der Waals surface area contributed by atoms with E-state index < -0.39 is 0 Å². The molecule has 9 rings (SSSR count). The Morgan fingerprint density at radius 2 is 1.24 bits per heavy atom. The standard InChI is InChI=1S/C20H17N3O3.C15H11BrN2O2/c1-11-17(12(2)26-22-11)14-8-9-15-18-19(14)25-10-16(23(18)20(24)21-15)13-6-4-3-5-7-13;16-10-6-7-11-13-14(10)20-8-12(18(13)15(19)17-11)9-4-2-1-3-5-9/h3-9,16H,10H2,1-2H3,(H,21,24);1-7,12H,8H2,(H,17,19). The zero-order chi connectivity index (χ0) is 31.5. The number of nitrogens with zero attached hydrogens (tertiary/aromatic N) is 3. The zero-order valence-electron chi connectivity index (χ0n) is 24.9. The maximum Gasteiger partial charge on any atom is 0.327 e. The van der Waals surface area contributed by atoms with E-state index in [0.717, 1.165) is 66.0 Å². The van der Waals surface area contributed by atoms with Crippen LogP contribution in [0.25, 0.3) is 33.2 Å². The fourth-order valence-electron chi connectivity index (χ4n) is 6.61. The molecule has 230 valence electrons. The van der Waals surface area contributed by atoms with Crippen LogP contribution in [0.15, 0.2) is 104 Å². The van der Waals surface area contributed by atoms with Crippen LogP contribution in [0.3, 0.4) is 0 Å². The van der Waals surface area contributed by atoms with Crippen LogP contribution in [-0.2, 0) is 0 Å². The molecule has 0 radical (unpaired) electrons. The average molecular weight is 679 g/mol. The normalized spacial score (nSPS) is 16.5. The number of aryl methyl sites for hydroxylation is 2. The first-order chi connectivity index (χ1) is 22.4. The Labute approximate surface area is 270 Å². The highest BCUT2D eigenvalue weighted by Crippen LogP contribution is 2.43. The summed E-state index contributed by atoms with van der Waals surface area (Å²) in [5, 5.41) is 4.05.